The Kier molecular flexibility index (Phi) is 5.60. The molecule has 0 heterocycles. The zero-order chi connectivity index (χ0) is 13.6. The molecule has 1 unspecified atom stereocenters. The number of carbonyl (C=O) groups is 3. The Hall–Kier alpha value is -1.63. The lowest BCUT2D eigenvalue weighted by atomic mass is 9.94. The van der Waals surface area contributed by atoms with Gasteiger partial charge in [0.2, 0.25) is 5.91 Å². The fourth-order valence-electron chi connectivity index (χ4n) is 0.833. The highest BCUT2D eigenvalue weighted by molar-refractivity contribution is 6.01. The molecule has 0 rings (SSSR count). The van der Waals surface area contributed by atoms with Crippen LogP contribution in [0.1, 0.15) is 20.8 Å². The van der Waals surface area contributed by atoms with Crippen molar-refractivity contribution in [3.05, 3.63) is 0 Å². The third kappa shape index (κ3) is 4.81. The molecule has 7 heteroatoms. The highest BCUT2D eigenvalue weighted by Crippen LogP contribution is 2.12. The van der Waals surface area contributed by atoms with Crippen molar-refractivity contribution in [2.24, 2.45) is 11.1 Å². The third-order valence-electron chi connectivity index (χ3n) is 2.11. The van der Waals surface area contributed by atoms with E-state index in [9.17, 15) is 14.4 Å². The molecule has 0 saturated heterocycles. The molecular formula is C10H18N2O5. The molecule has 0 bridgehead atoms. The van der Waals surface area contributed by atoms with Crippen molar-refractivity contribution >= 4 is 17.8 Å². The molecule has 0 aromatic rings. The average Bonchev–Trinajstić information content (AvgIpc) is 2.25. The van der Waals surface area contributed by atoms with Gasteiger partial charge < -0.3 is 20.9 Å². The molecule has 98 valence electrons. The molecule has 0 aliphatic carbocycles. The Bertz CT molecular complexity index is 314. The number of nitrogens with two attached hydrogens (primary N) is 1. The SMILES string of the molecule is CCOC(=O)C(N)C(=O)NCC(C)(C)C(=O)O. The molecule has 0 radical (unpaired) electrons. The van der Waals surface area contributed by atoms with Crippen molar-refractivity contribution in [2.75, 3.05) is 13.2 Å². The van der Waals surface area contributed by atoms with E-state index >= 15 is 0 Å². The van der Waals surface area contributed by atoms with Gasteiger partial charge in [-0.3, -0.25) is 9.59 Å². The van der Waals surface area contributed by atoms with E-state index in [1.165, 1.54) is 13.8 Å². The number of hydrogen-bond donors (Lipinski definition) is 3. The molecule has 0 fully saturated rings. The maximum Gasteiger partial charge on any atom is 0.332 e. The Morgan fingerprint density at radius 2 is 1.94 bits per heavy atom. The first kappa shape index (κ1) is 15.4. The van der Waals surface area contributed by atoms with Crippen LogP contribution in [0.15, 0.2) is 0 Å². The normalized spacial score (nSPS) is 12.7. The molecule has 1 amide bonds. The average molecular weight is 246 g/mol. The minimum absolute atomic E-state index is 0.117. The summed E-state index contributed by atoms with van der Waals surface area (Å²) < 4.78 is 4.56. The molecule has 0 aromatic carbocycles. The van der Waals surface area contributed by atoms with Crippen molar-refractivity contribution in [3.8, 4) is 0 Å². The highest BCUT2D eigenvalue weighted by Gasteiger charge is 2.30. The second-order valence-electron chi connectivity index (χ2n) is 4.14. The molecule has 17 heavy (non-hydrogen) atoms. The van der Waals surface area contributed by atoms with Crippen LogP contribution in [0.5, 0.6) is 0 Å². The quantitative estimate of drug-likeness (QED) is 0.413. The summed E-state index contributed by atoms with van der Waals surface area (Å²) in [5.74, 6) is -2.64. The van der Waals surface area contributed by atoms with Crippen LogP contribution in [0.2, 0.25) is 0 Å². The topological polar surface area (TPSA) is 119 Å². The van der Waals surface area contributed by atoms with Crippen LogP contribution in [-0.2, 0) is 19.1 Å². The minimum Gasteiger partial charge on any atom is -0.481 e. The molecule has 0 aliphatic heterocycles. The van der Waals surface area contributed by atoms with Crippen molar-refractivity contribution in [1.82, 2.24) is 5.32 Å². The predicted octanol–water partition coefficient (Wildman–Crippen LogP) is -0.896. The van der Waals surface area contributed by atoms with E-state index in [1.54, 1.807) is 6.92 Å². The van der Waals surface area contributed by atoms with Crippen LogP contribution in [0, 0.1) is 5.41 Å². The molecule has 0 spiro atoms. The summed E-state index contributed by atoms with van der Waals surface area (Å²) in [6, 6.07) is -1.43. The van der Waals surface area contributed by atoms with Gasteiger partial charge in [-0.2, -0.15) is 0 Å². The zero-order valence-corrected chi connectivity index (χ0v) is 10.1. The van der Waals surface area contributed by atoms with E-state index in [0.717, 1.165) is 0 Å². The minimum atomic E-state index is -1.43. The Morgan fingerprint density at radius 3 is 2.35 bits per heavy atom. The van der Waals surface area contributed by atoms with Gasteiger partial charge >= 0.3 is 11.9 Å². The fourth-order valence-corrected chi connectivity index (χ4v) is 0.833. The first-order valence-electron chi connectivity index (χ1n) is 5.15. The summed E-state index contributed by atoms with van der Waals surface area (Å²) in [5, 5.41) is 11.1. The molecule has 0 saturated carbocycles. The van der Waals surface area contributed by atoms with E-state index in [4.69, 9.17) is 10.8 Å². The maximum atomic E-state index is 11.4. The lowest BCUT2D eigenvalue weighted by Gasteiger charge is -2.20. The summed E-state index contributed by atoms with van der Waals surface area (Å²) >= 11 is 0. The summed E-state index contributed by atoms with van der Waals surface area (Å²) in [5.41, 5.74) is 4.20. The number of hydrogen-bond acceptors (Lipinski definition) is 5. The molecule has 0 aromatic heterocycles. The van der Waals surface area contributed by atoms with Crippen LogP contribution in [0.3, 0.4) is 0 Å². The monoisotopic (exact) mass is 246 g/mol. The molecule has 0 aliphatic rings. The highest BCUT2D eigenvalue weighted by atomic mass is 16.5. The standard InChI is InChI=1S/C10H18N2O5/c1-4-17-8(14)6(11)7(13)12-5-10(2,3)9(15)16/h6H,4-5,11H2,1-3H3,(H,12,13)(H,15,16). The third-order valence-corrected chi connectivity index (χ3v) is 2.11. The smallest absolute Gasteiger partial charge is 0.332 e. The second-order valence-corrected chi connectivity index (χ2v) is 4.14. The van der Waals surface area contributed by atoms with Crippen LogP contribution in [0.25, 0.3) is 0 Å². The lowest BCUT2D eigenvalue weighted by Crippen LogP contribution is -2.50. The second kappa shape index (κ2) is 6.19. The summed E-state index contributed by atoms with van der Waals surface area (Å²) in [4.78, 5) is 33.3. The first-order valence-corrected chi connectivity index (χ1v) is 5.15. The number of amides is 1. The summed E-state index contributed by atoms with van der Waals surface area (Å²) in [7, 11) is 0. The predicted molar refractivity (Wildman–Crippen MR) is 59.0 cm³/mol. The van der Waals surface area contributed by atoms with Crippen LogP contribution in [0.4, 0.5) is 0 Å². The van der Waals surface area contributed by atoms with Gasteiger partial charge in [0.25, 0.3) is 0 Å². The van der Waals surface area contributed by atoms with Gasteiger partial charge in [0.05, 0.1) is 12.0 Å². The lowest BCUT2D eigenvalue weighted by molar-refractivity contribution is -0.148. The zero-order valence-electron chi connectivity index (χ0n) is 10.1. The van der Waals surface area contributed by atoms with Crippen LogP contribution < -0.4 is 11.1 Å². The number of nitrogens with one attached hydrogen (secondary N) is 1. The molecule has 4 N–H and O–H groups in total. The van der Waals surface area contributed by atoms with Gasteiger partial charge in [-0.05, 0) is 20.8 Å². The van der Waals surface area contributed by atoms with Gasteiger partial charge in [-0.25, -0.2) is 4.79 Å². The van der Waals surface area contributed by atoms with Crippen molar-refractivity contribution in [3.63, 3.8) is 0 Å². The largest absolute Gasteiger partial charge is 0.481 e. The van der Waals surface area contributed by atoms with Crippen molar-refractivity contribution in [1.29, 1.82) is 0 Å². The van der Waals surface area contributed by atoms with Crippen molar-refractivity contribution < 1.29 is 24.2 Å². The van der Waals surface area contributed by atoms with E-state index < -0.39 is 29.3 Å². The van der Waals surface area contributed by atoms with Gasteiger partial charge in [0, 0.05) is 6.54 Å². The van der Waals surface area contributed by atoms with Gasteiger partial charge in [0.1, 0.15) is 0 Å². The number of esters is 1. The number of aliphatic carboxylic acids is 1. The maximum absolute atomic E-state index is 11.4. The number of rotatable bonds is 6. The Balaban J connectivity index is 4.28. The number of carboxylic acids is 1. The van der Waals surface area contributed by atoms with E-state index in [1.807, 2.05) is 0 Å². The first-order chi connectivity index (χ1) is 7.72. The summed E-state index contributed by atoms with van der Waals surface area (Å²) in [6.45, 7) is 4.50. The molecule has 7 nitrogen and oxygen atoms in total. The van der Waals surface area contributed by atoms with Crippen LogP contribution >= 0.6 is 0 Å². The van der Waals surface area contributed by atoms with Gasteiger partial charge in [0.15, 0.2) is 6.04 Å². The van der Waals surface area contributed by atoms with E-state index in [-0.39, 0.29) is 13.2 Å². The van der Waals surface area contributed by atoms with Gasteiger partial charge in [-0.15, -0.1) is 0 Å². The number of carboxylic acid groups (broad SMARTS) is 1. The van der Waals surface area contributed by atoms with E-state index in [0.29, 0.717) is 0 Å². The molecule has 1 atom stereocenters. The number of ether oxygens (including phenoxy) is 1. The van der Waals surface area contributed by atoms with Crippen LogP contribution in [-0.4, -0.2) is 42.1 Å². The number of carbonyl (C=O) groups excluding carboxylic acids is 2. The molecular weight excluding hydrogens is 228 g/mol. The Labute approximate surface area is 99.3 Å². The summed E-state index contributed by atoms with van der Waals surface area (Å²) in [6.07, 6.45) is 0. The van der Waals surface area contributed by atoms with Crippen molar-refractivity contribution in [2.45, 2.75) is 26.8 Å². The van der Waals surface area contributed by atoms with Gasteiger partial charge in [-0.1, -0.05) is 0 Å². The van der Waals surface area contributed by atoms with E-state index in [2.05, 4.69) is 10.1 Å². The fraction of sp³-hybridized carbons (Fsp3) is 0.700. The Morgan fingerprint density at radius 1 is 1.41 bits per heavy atom.